The lowest BCUT2D eigenvalue weighted by molar-refractivity contribution is -0.136. The zero-order valence-electron chi connectivity index (χ0n) is 13.4. The molecule has 0 aliphatic rings. The molecule has 0 spiro atoms. The van der Waals surface area contributed by atoms with Crippen molar-refractivity contribution < 1.29 is 14.7 Å². The summed E-state index contributed by atoms with van der Waals surface area (Å²) in [4.78, 5) is 24.9. The Balaban J connectivity index is 3.11. The van der Waals surface area contributed by atoms with E-state index in [0.717, 1.165) is 35.2 Å². The second-order valence-electron chi connectivity index (χ2n) is 5.54. The maximum Gasteiger partial charge on any atom is 0.305 e. The van der Waals surface area contributed by atoms with E-state index in [1.807, 2.05) is 39.8 Å². The summed E-state index contributed by atoms with van der Waals surface area (Å²) in [6.07, 6.45) is 2.20. The molecule has 0 heterocycles. The fourth-order valence-electron chi connectivity index (χ4n) is 2.63. The minimum Gasteiger partial charge on any atom is -0.481 e. The van der Waals surface area contributed by atoms with E-state index in [-0.39, 0.29) is 18.9 Å². The van der Waals surface area contributed by atoms with Crippen molar-refractivity contribution in [1.82, 2.24) is 0 Å². The normalized spacial score (nSPS) is 10.5. The fourth-order valence-corrected chi connectivity index (χ4v) is 2.63. The summed E-state index contributed by atoms with van der Waals surface area (Å²) in [6.45, 7) is 8.22. The number of carboxylic acid groups (broad SMARTS) is 1. The van der Waals surface area contributed by atoms with Crippen LogP contribution in [0, 0.1) is 20.8 Å². The van der Waals surface area contributed by atoms with Crippen LogP contribution in [0.2, 0.25) is 0 Å². The Bertz CT molecular complexity index is 500. The van der Waals surface area contributed by atoms with E-state index in [2.05, 4.69) is 0 Å². The average molecular weight is 291 g/mol. The first-order valence-electron chi connectivity index (χ1n) is 7.46. The highest BCUT2D eigenvalue weighted by Crippen LogP contribution is 2.27. The number of amides is 1. The second-order valence-corrected chi connectivity index (χ2v) is 5.54. The summed E-state index contributed by atoms with van der Waals surface area (Å²) < 4.78 is 0. The molecule has 0 saturated carbocycles. The number of aryl methyl sites for hydroxylation is 3. The monoisotopic (exact) mass is 291 g/mol. The molecule has 0 aliphatic carbocycles. The summed E-state index contributed by atoms with van der Waals surface area (Å²) >= 11 is 0. The van der Waals surface area contributed by atoms with Gasteiger partial charge >= 0.3 is 5.97 Å². The van der Waals surface area contributed by atoms with Gasteiger partial charge in [0.15, 0.2) is 0 Å². The van der Waals surface area contributed by atoms with Gasteiger partial charge < -0.3 is 10.0 Å². The van der Waals surface area contributed by atoms with Gasteiger partial charge in [0.1, 0.15) is 0 Å². The quantitative estimate of drug-likeness (QED) is 0.835. The Kier molecular flexibility index (Phi) is 6.40. The van der Waals surface area contributed by atoms with Gasteiger partial charge in [-0.1, -0.05) is 31.0 Å². The average Bonchev–Trinajstić information content (AvgIpc) is 2.38. The zero-order chi connectivity index (χ0) is 16.0. The number of hydrogen-bond donors (Lipinski definition) is 1. The van der Waals surface area contributed by atoms with Crippen LogP contribution in [0.25, 0.3) is 0 Å². The van der Waals surface area contributed by atoms with Crippen molar-refractivity contribution in [3.63, 3.8) is 0 Å². The zero-order valence-corrected chi connectivity index (χ0v) is 13.4. The van der Waals surface area contributed by atoms with E-state index >= 15 is 0 Å². The van der Waals surface area contributed by atoms with Crippen LogP contribution >= 0.6 is 0 Å². The molecule has 0 saturated heterocycles. The van der Waals surface area contributed by atoms with Gasteiger partial charge in [-0.15, -0.1) is 0 Å². The molecule has 1 N–H and O–H groups in total. The molecule has 1 aromatic carbocycles. The summed E-state index contributed by atoms with van der Waals surface area (Å²) in [5.74, 6) is -0.876. The van der Waals surface area contributed by atoms with Crippen molar-refractivity contribution in [3.05, 3.63) is 28.8 Å². The number of unbranched alkanes of at least 4 members (excludes halogenated alkanes) is 1. The lowest BCUT2D eigenvalue weighted by Gasteiger charge is -2.26. The van der Waals surface area contributed by atoms with Gasteiger partial charge in [-0.05, 0) is 38.3 Å². The molecule has 1 rings (SSSR count). The third kappa shape index (κ3) is 4.88. The molecular formula is C17H25NO3. The number of carbonyl (C=O) groups is 2. The molecule has 1 aromatic rings. The van der Waals surface area contributed by atoms with E-state index < -0.39 is 5.97 Å². The van der Waals surface area contributed by atoms with E-state index in [4.69, 9.17) is 5.11 Å². The minimum atomic E-state index is -0.884. The van der Waals surface area contributed by atoms with Gasteiger partial charge in [-0.2, -0.15) is 0 Å². The number of benzene rings is 1. The smallest absolute Gasteiger partial charge is 0.305 e. The van der Waals surface area contributed by atoms with Crippen LogP contribution in [0.4, 0.5) is 5.69 Å². The van der Waals surface area contributed by atoms with Crippen molar-refractivity contribution in [3.8, 4) is 0 Å². The Morgan fingerprint density at radius 2 is 1.67 bits per heavy atom. The Labute approximate surface area is 126 Å². The Morgan fingerprint density at radius 1 is 1.10 bits per heavy atom. The van der Waals surface area contributed by atoms with Gasteiger partial charge in [-0.25, -0.2) is 0 Å². The molecule has 21 heavy (non-hydrogen) atoms. The molecule has 4 heteroatoms. The molecule has 0 bridgehead atoms. The predicted molar refractivity (Wildman–Crippen MR) is 84.8 cm³/mol. The lowest BCUT2D eigenvalue weighted by atomic mass is 10.0. The first-order valence-corrected chi connectivity index (χ1v) is 7.46. The second kappa shape index (κ2) is 7.81. The third-order valence-corrected chi connectivity index (χ3v) is 3.50. The first-order chi connectivity index (χ1) is 9.86. The Hall–Kier alpha value is -1.84. The maximum atomic E-state index is 12.4. The molecule has 0 fully saturated rings. The number of aliphatic carboxylic acids is 1. The van der Waals surface area contributed by atoms with E-state index in [1.54, 1.807) is 4.90 Å². The van der Waals surface area contributed by atoms with Crippen LogP contribution in [0.3, 0.4) is 0 Å². The molecule has 0 unspecified atom stereocenters. The van der Waals surface area contributed by atoms with Crippen molar-refractivity contribution in [2.24, 2.45) is 0 Å². The van der Waals surface area contributed by atoms with Crippen molar-refractivity contribution >= 4 is 17.6 Å². The molecule has 0 aliphatic heterocycles. The van der Waals surface area contributed by atoms with E-state index in [1.165, 1.54) is 0 Å². The van der Waals surface area contributed by atoms with Crippen molar-refractivity contribution in [2.45, 2.75) is 53.4 Å². The summed E-state index contributed by atoms with van der Waals surface area (Å²) in [5.41, 5.74) is 4.04. The van der Waals surface area contributed by atoms with Gasteiger partial charge in [-0.3, -0.25) is 9.59 Å². The van der Waals surface area contributed by atoms with Crippen LogP contribution in [0.5, 0.6) is 0 Å². The SMILES string of the molecule is CCCCC(=O)N(CCC(=O)O)c1c(C)cc(C)cc1C. The maximum absolute atomic E-state index is 12.4. The highest BCUT2D eigenvalue weighted by molar-refractivity contribution is 5.95. The van der Waals surface area contributed by atoms with Crippen LogP contribution in [0.15, 0.2) is 12.1 Å². The number of nitrogens with zero attached hydrogens (tertiary/aromatic N) is 1. The van der Waals surface area contributed by atoms with Gasteiger partial charge in [0.25, 0.3) is 0 Å². The molecule has 0 aromatic heterocycles. The predicted octanol–water partition coefficient (Wildman–Crippen LogP) is 3.61. The largest absolute Gasteiger partial charge is 0.481 e. The van der Waals surface area contributed by atoms with Crippen LogP contribution < -0.4 is 4.90 Å². The molecule has 0 radical (unpaired) electrons. The minimum absolute atomic E-state index is 0.00755. The van der Waals surface area contributed by atoms with Gasteiger partial charge in [0.2, 0.25) is 5.91 Å². The summed E-state index contributed by atoms with van der Waals surface area (Å²) in [6, 6.07) is 4.06. The molecule has 116 valence electrons. The van der Waals surface area contributed by atoms with Crippen LogP contribution in [0.1, 0.15) is 49.3 Å². The highest BCUT2D eigenvalue weighted by atomic mass is 16.4. The summed E-state index contributed by atoms with van der Waals surface area (Å²) in [5, 5.41) is 8.91. The molecule has 4 nitrogen and oxygen atoms in total. The van der Waals surface area contributed by atoms with Gasteiger partial charge in [0.05, 0.1) is 6.42 Å². The Morgan fingerprint density at radius 3 is 2.14 bits per heavy atom. The van der Waals surface area contributed by atoms with Crippen molar-refractivity contribution in [2.75, 3.05) is 11.4 Å². The number of anilines is 1. The molecular weight excluding hydrogens is 266 g/mol. The third-order valence-electron chi connectivity index (χ3n) is 3.50. The number of carbonyl (C=O) groups excluding carboxylic acids is 1. The molecule has 0 atom stereocenters. The van der Waals surface area contributed by atoms with Crippen LogP contribution in [-0.2, 0) is 9.59 Å². The van der Waals surface area contributed by atoms with Crippen LogP contribution in [-0.4, -0.2) is 23.5 Å². The van der Waals surface area contributed by atoms with Crippen molar-refractivity contribution in [1.29, 1.82) is 0 Å². The van der Waals surface area contributed by atoms with E-state index in [0.29, 0.717) is 6.42 Å². The molecule has 1 amide bonds. The van der Waals surface area contributed by atoms with Gasteiger partial charge in [0, 0.05) is 18.7 Å². The topological polar surface area (TPSA) is 57.6 Å². The lowest BCUT2D eigenvalue weighted by Crippen LogP contribution is -2.34. The standard InChI is InChI=1S/C17H25NO3/c1-5-6-7-15(19)18(9-8-16(20)21)17-13(3)10-12(2)11-14(17)4/h10-11H,5-9H2,1-4H3,(H,20,21). The fraction of sp³-hybridized carbons (Fsp3) is 0.529. The van der Waals surface area contributed by atoms with E-state index in [9.17, 15) is 9.59 Å². The number of hydrogen-bond acceptors (Lipinski definition) is 2. The summed E-state index contributed by atoms with van der Waals surface area (Å²) in [7, 11) is 0. The first kappa shape index (κ1) is 17.2. The number of carboxylic acids is 1. The number of rotatable bonds is 7. The highest BCUT2D eigenvalue weighted by Gasteiger charge is 2.20.